The van der Waals surface area contributed by atoms with Crippen LogP contribution in [0.1, 0.15) is 28.2 Å². The second kappa shape index (κ2) is 8.03. The van der Waals surface area contributed by atoms with E-state index in [9.17, 15) is 4.79 Å². The van der Waals surface area contributed by atoms with Gasteiger partial charge in [-0.25, -0.2) is 9.78 Å². The number of nitrogens with zero attached hydrogens (tertiary/aromatic N) is 1. The van der Waals surface area contributed by atoms with Crippen LogP contribution in [0.2, 0.25) is 0 Å². The number of alkyl carbamates (subject to hydrolysis) is 1. The molecule has 5 rings (SSSR count). The molecule has 0 atom stereocenters. The lowest BCUT2D eigenvalue weighted by Crippen LogP contribution is -2.26. The van der Waals surface area contributed by atoms with Gasteiger partial charge in [0, 0.05) is 25.2 Å². The largest absolute Gasteiger partial charge is 0.449 e. The summed E-state index contributed by atoms with van der Waals surface area (Å²) in [7, 11) is 0. The fraction of sp³-hybridized carbons (Fsp3) is 0.200. The van der Waals surface area contributed by atoms with Gasteiger partial charge >= 0.3 is 6.09 Å². The van der Waals surface area contributed by atoms with E-state index in [1.54, 1.807) is 0 Å². The average molecular weight is 397 g/mol. The van der Waals surface area contributed by atoms with Crippen LogP contribution in [-0.2, 0) is 11.2 Å². The Kier molecular flexibility index (Phi) is 4.93. The van der Waals surface area contributed by atoms with Gasteiger partial charge in [0.1, 0.15) is 12.4 Å². The Balaban J connectivity index is 1.16. The van der Waals surface area contributed by atoms with Crippen LogP contribution in [0.25, 0.3) is 17.2 Å². The van der Waals surface area contributed by atoms with E-state index in [1.165, 1.54) is 27.8 Å². The minimum Gasteiger partial charge on any atom is -0.449 e. The summed E-state index contributed by atoms with van der Waals surface area (Å²) in [5.74, 6) is 1.05. The van der Waals surface area contributed by atoms with E-state index in [0.29, 0.717) is 13.2 Å². The Bertz CT molecular complexity index is 1080. The second-order valence-corrected chi connectivity index (χ2v) is 7.56. The molecule has 0 saturated heterocycles. The summed E-state index contributed by atoms with van der Waals surface area (Å²) < 4.78 is 5.55. The highest BCUT2D eigenvalue weighted by Crippen LogP contribution is 2.44. The van der Waals surface area contributed by atoms with E-state index >= 15 is 0 Å². The van der Waals surface area contributed by atoms with Crippen molar-refractivity contribution < 1.29 is 9.53 Å². The van der Waals surface area contributed by atoms with Gasteiger partial charge in [0.25, 0.3) is 0 Å². The van der Waals surface area contributed by atoms with Crippen molar-refractivity contribution in [3.8, 4) is 11.1 Å². The molecule has 0 fully saturated rings. The molecular formula is C25H23N3O2. The number of carbonyl (C=O) groups is 1. The Hall–Kier alpha value is -3.60. The van der Waals surface area contributed by atoms with Crippen molar-refractivity contribution in [2.24, 2.45) is 0 Å². The quantitative estimate of drug-likeness (QED) is 0.660. The smallest absolute Gasteiger partial charge is 0.407 e. The van der Waals surface area contributed by atoms with Crippen LogP contribution in [0.3, 0.4) is 0 Å². The molecule has 0 unspecified atom stereocenters. The summed E-state index contributed by atoms with van der Waals surface area (Å²) in [6, 6.07) is 18.8. The molecule has 0 bridgehead atoms. The second-order valence-electron chi connectivity index (χ2n) is 7.56. The zero-order chi connectivity index (χ0) is 20.3. The van der Waals surface area contributed by atoms with Gasteiger partial charge in [0.15, 0.2) is 0 Å². The average Bonchev–Trinajstić information content (AvgIpc) is 3.37. The van der Waals surface area contributed by atoms with Crippen molar-refractivity contribution in [1.82, 2.24) is 10.3 Å². The standard InChI is InChI=1S/C25H23N3O2/c29-25(27-12-5-6-17-14-18-11-13-26-24(18)28-15-17)30-16-23-21-9-3-1-7-19(21)20-8-2-4-10-22(20)23/h1-10,14-15,23H,11-13,16H2,(H,26,28)(H,27,29). The van der Waals surface area contributed by atoms with Gasteiger partial charge in [-0.3, -0.25) is 0 Å². The van der Waals surface area contributed by atoms with Gasteiger partial charge in [-0.15, -0.1) is 0 Å². The van der Waals surface area contributed by atoms with Gasteiger partial charge in [-0.2, -0.15) is 0 Å². The number of hydrogen-bond acceptors (Lipinski definition) is 4. The topological polar surface area (TPSA) is 63.2 Å². The molecule has 0 radical (unpaired) electrons. The van der Waals surface area contributed by atoms with Crippen molar-refractivity contribution >= 4 is 18.0 Å². The van der Waals surface area contributed by atoms with E-state index in [4.69, 9.17) is 4.74 Å². The van der Waals surface area contributed by atoms with Crippen molar-refractivity contribution in [3.63, 3.8) is 0 Å². The van der Waals surface area contributed by atoms with Crippen molar-refractivity contribution in [1.29, 1.82) is 0 Å². The third-order valence-corrected chi connectivity index (χ3v) is 5.69. The summed E-state index contributed by atoms with van der Waals surface area (Å²) in [6.07, 6.45) is 6.31. The fourth-order valence-corrected chi connectivity index (χ4v) is 4.27. The Morgan fingerprint density at radius 1 is 1.13 bits per heavy atom. The maximum atomic E-state index is 12.2. The molecule has 3 aromatic rings. The van der Waals surface area contributed by atoms with Gasteiger partial charge in [0.2, 0.25) is 0 Å². The van der Waals surface area contributed by atoms with Crippen LogP contribution in [0, 0.1) is 0 Å². The van der Waals surface area contributed by atoms with Crippen LogP contribution in [0.15, 0.2) is 66.9 Å². The molecule has 2 heterocycles. The van der Waals surface area contributed by atoms with Gasteiger partial charge in [0.05, 0.1) is 0 Å². The van der Waals surface area contributed by atoms with E-state index in [0.717, 1.165) is 24.3 Å². The molecule has 0 saturated carbocycles. The minimum absolute atomic E-state index is 0.0739. The van der Waals surface area contributed by atoms with Crippen molar-refractivity contribution in [3.05, 3.63) is 89.1 Å². The number of rotatable bonds is 5. The highest BCUT2D eigenvalue weighted by atomic mass is 16.5. The maximum Gasteiger partial charge on any atom is 0.407 e. The predicted octanol–water partition coefficient (Wildman–Crippen LogP) is 4.60. The van der Waals surface area contributed by atoms with Crippen LogP contribution < -0.4 is 10.6 Å². The van der Waals surface area contributed by atoms with E-state index < -0.39 is 6.09 Å². The number of fused-ring (bicyclic) bond motifs is 4. The number of aromatic nitrogens is 1. The molecule has 1 aromatic heterocycles. The monoisotopic (exact) mass is 397 g/mol. The third kappa shape index (κ3) is 3.54. The molecule has 5 heteroatoms. The van der Waals surface area contributed by atoms with Crippen LogP contribution >= 0.6 is 0 Å². The summed E-state index contributed by atoms with van der Waals surface area (Å²) in [5, 5.41) is 6.05. The fourth-order valence-electron chi connectivity index (χ4n) is 4.27. The molecule has 1 aliphatic heterocycles. The van der Waals surface area contributed by atoms with Gasteiger partial charge < -0.3 is 15.4 Å². The van der Waals surface area contributed by atoms with Crippen LogP contribution in [-0.4, -0.2) is 30.8 Å². The highest BCUT2D eigenvalue weighted by Gasteiger charge is 2.28. The molecule has 2 aromatic carbocycles. The summed E-state index contributed by atoms with van der Waals surface area (Å²) >= 11 is 0. The molecule has 1 amide bonds. The SMILES string of the molecule is O=C(NCC=Cc1cnc2c(c1)CCN2)OCC1c2ccccc2-c2ccccc21. The molecule has 2 aliphatic rings. The number of hydrogen-bond donors (Lipinski definition) is 2. The normalized spacial score (nSPS) is 14.1. The highest BCUT2D eigenvalue weighted by molar-refractivity contribution is 5.79. The number of ether oxygens (including phenoxy) is 1. The number of amides is 1. The Labute approximate surface area is 175 Å². The van der Waals surface area contributed by atoms with Gasteiger partial charge in [-0.1, -0.05) is 60.7 Å². The first-order chi connectivity index (χ1) is 14.8. The molecule has 150 valence electrons. The molecule has 2 N–H and O–H groups in total. The number of pyridine rings is 1. The molecule has 1 aliphatic carbocycles. The number of anilines is 1. The van der Waals surface area contributed by atoms with Crippen LogP contribution in [0.4, 0.5) is 10.6 Å². The van der Waals surface area contributed by atoms with E-state index in [-0.39, 0.29) is 5.92 Å². The zero-order valence-corrected chi connectivity index (χ0v) is 16.6. The lowest BCUT2D eigenvalue weighted by molar-refractivity contribution is 0.144. The predicted molar refractivity (Wildman–Crippen MR) is 119 cm³/mol. The summed E-state index contributed by atoms with van der Waals surface area (Å²) in [6.45, 7) is 1.68. The molecule has 30 heavy (non-hydrogen) atoms. The minimum atomic E-state index is -0.405. The number of carbonyl (C=O) groups excluding carboxylic acids is 1. The summed E-state index contributed by atoms with van der Waals surface area (Å²) in [4.78, 5) is 16.6. The Morgan fingerprint density at radius 2 is 1.87 bits per heavy atom. The van der Waals surface area contributed by atoms with E-state index in [2.05, 4.69) is 45.9 Å². The lowest BCUT2D eigenvalue weighted by Gasteiger charge is -2.14. The first kappa shape index (κ1) is 18.4. The van der Waals surface area contributed by atoms with Gasteiger partial charge in [-0.05, 0) is 45.9 Å². The molecular weight excluding hydrogens is 374 g/mol. The molecule has 0 spiro atoms. The molecule has 5 nitrogen and oxygen atoms in total. The van der Waals surface area contributed by atoms with E-state index in [1.807, 2.05) is 42.6 Å². The number of nitrogens with one attached hydrogen (secondary N) is 2. The van der Waals surface area contributed by atoms with Crippen LogP contribution in [0.5, 0.6) is 0 Å². The summed E-state index contributed by atoms with van der Waals surface area (Å²) in [5.41, 5.74) is 7.15. The zero-order valence-electron chi connectivity index (χ0n) is 16.6. The van der Waals surface area contributed by atoms with Crippen molar-refractivity contribution in [2.45, 2.75) is 12.3 Å². The first-order valence-corrected chi connectivity index (χ1v) is 10.3. The third-order valence-electron chi connectivity index (χ3n) is 5.69. The maximum absolute atomic E-state index is 12.2. The lowest BCUT2D eigenvalue weighted by atomic mass is 9.98. The van der Waals surface area contributed by atoms with Crippen molar-refractivity contribution in [2.75, 3.05) is 25.0 Å². The number of benzene rings is 2. The first-order valence-electron chi connectivity index (χ1n) is 10.3. The Morgan fingerprint density at radius 3 is 2.63 bits per heavy atom.